The minimum Gasteiger partial charge on any atom is -0.326 e. The molecule has 2 aromatic rings. The van der Waals surface area contributed by atoms with Crippen LogP contribution in [0.3, 0.4) is 0 Å². The number of benzene rings is 2. The van der Waals surface area contributed by atoms with Gasteiger partial charge >= 0.3 is 0 Å². The molecule has 0 aliphatic carbocycles. The standard InChI is InChI=1S/C17H20N2O/c1-3-19(16-10-4-13(2)5-11-16)17(20)15-8-6-14(12-18)7-9-15/h4-11H,3,12,18H2,1-2H3. The van der Waals surface area contributed by atoms with Gasteiger partial charge in [-0.05, 0) is 43.7 Å². The summed E-state index contributed by atoms with van der Waals surface area (Å²) in [5.74, 6) is 0.0138. The maximum atomic E-state index is 12.6. The van der Waals surface area contributed by atoms with Gasteiger partial charge in [0, 0.05) is 24.3 Å². The SMILES string of the molecule is CCN(C(=O)c1ccc(CN)cc1)c1ccc(C)cc1. The Balaban J connectivity index is 2.26. The Bertz CT molecular complexity index is 573. The summed E-state index contributed by atoms with van der Waals surface area (Å²) in [6.45, 7) is 5.14. The summed E-state index contributed by atoms with van der Waals surface area (Å²) in [4.78, 5) is 14.3. The van der Waals surface area contributed by atoms with Crippen LogP contribution in [0.25, 0.3) is 0 Å². The number of carbonyl (C=O) groups excluding carboxylic acids is 1. The number of nitrogens with zero attached hydrogens (tertiary/aromatic N) is 1. The summed E-state index contributed by atoms with van der Waals surface area (Å²) in [5.41, 5.74) is 9.39. The summed E-state index contributed by atoms with van der Waals surface area (Å²) in [7, 11) is 0. The van der Waals surface area contributed by atoms with Gasteiger partial charge in [-0.2, -0.15) is 0 Å². The highest BCUT2D eigenvalue weighted by molar-refractivity contribution is 6.06. The van der Waals surface area contributed by atoms with E-state index in [0.717, 1.165) is 11.3 Å². The van der Waals surface area contributed by atoms with Crippen LogP contribution in [0.4, 0.5) is 5.69 Å². The van der Waals surface area contributed by atoms with Crippen LogP contribution in [0.5, 0.6) is 0 Å². The zero-order valence-corrected chi connectivity index (χ0v) is 12.0. The van der Waals surface area contributed by atoms with E-state index in [9.17, 15) is 4.79 Å². The monoisotopic (exact) mass is 268 g/mol. The summed E-state index contributed by atoms with van der Waals surface area (Å²) >= 11 is 0. The zero-order chi connectivity index (χ0) is 14.5. The third kappa shape index (κ3) is 3.06. The van der Waals surface area contributed by atoms with Crippen molar-refractivity contribution in [1.82, 2.24) is 0 Å². The van der Waals surface area contributed by atoms with Crippen molar-refractivity contribution in [3.63, 3.8) is 0 Å². The van der Waals surface area contributed by atoms with Crippen LogP contribution in [-0.4, -0.2) is 12.5 Å². The van der Waals surface area contributed by atoms with Gasteiger partial charge < -0.3 is 10.6 Å². The number of aryl methyl sites for hydroxylation is 1. The topological polar surface area (TPSA) is 46.3 Å². The van der Waals surface area contributed by atoms with Crippen LogP contribution >= 0.6 is 0 Å². The van der Waals surface area contributed by atoms with Crippen LogP contribution < -0.4 is 10.6 Å². The molecular formula is C17H20N2O. The van der Waals surface area contributed by atoms with Crippen molar-refractivity contribution >= 4 is 11.6 Å². The number of anilines is 1. The molecule has 0 aromatic heterocycles. The lowest BCUT2D eigenvalue weighted by Crippen LogP contribution is -2.30. The van der Waals surface area contributed by atoms with E-state index in [1.54, 1.807) is 4.90 Å². The molecule has 0 fully saturated rings. The maximum absolute atomic E-state index is 12.6. The van der Waals surface area contributed by atoms with E-state index in [1.807, 2.05) is 62.4 Å². The van der Waals surface area contributed by atoms with Gasteiger partial charge in [0.2, 0.25) is 0 Å². The number of amides is 1. The number of hydrogen-bond donors (Lipinski definition) is 1. The van der Waals surface area contributed by atoms with E-state index in [0.29, 0.717) is 18.7 Å². The molecule has 0 heterocycles. The van der Waals surface area contributed by atoms with E-state index in [4.69, 9.17) is 5.73 Å². The smallest absolute Gasteiger partial charge is 0.258 e. The van der Waals surface area contributed by atoms with Gasteiger partial charge in [-0.25, -0.2) is 0 Å². The first-order valence-corrected chi connectivity index (χ1v) is 6.83. The maximum Gasteiger partial charge on any atom is 0.258 e. The molecule has 2 aromatic carbocycles. The summed E-state index contributed by atoms with van der Waals surface area (Å²) in [6.07, 6.45) is 0. The first kappa shape index (κ1) is 14.3. The Labute approximate surface area is 120 Å². The lowest BCUT2D eigenvalue weighted by atomic mass is 10.1. The van der Waals surface area contributed by atoms with E-state index in [-0.39, 0.29) is 5.91 Å². The summed E-state index contributed by atoms with van der Waals surface area (Å²) in [5, 5.41) is 0. The van der Waals surface area contributed by atoms with Crippen LogP contribution in [-0.2, 0) is 6.54 Å². The van der Waals surface area contributed by atoms with Crippen LogP contribution in [0.15, 0.2) is 48.5 Å². The largest absolute Gasteiger partial charge is 0.326 e. The molecule has 0 saturated heterocycles. The van der Waals surface area contributed by atoms with Gasteiger partial charge in [0.25, 0.3) is 5.91 Å². The molecule has 0 unspecified atom stereocenters. The molecule has 0 atom stereocenters. The van der Waals surface area contributed by atoms with Crippen molar-refractivity contribution in [2.24, 2.45) is 5.73 Å². The lowest BCUT2D eigenvalue weighted by molar-refractivity contribution is 0.0988. The normalized spacial score (nSPS) is 10.3. The molecule has 0 radical (unpaired) electrons. The molecule has 3 nitrogen and oxygen atoms in total. The molecule has 1 amide bonds. The van der Waals surface area contributed by atoms with Gasteiger partial charge in [0.1, 0.15) is 0 Å². The molecule has 3 heteroatoms. The van der Waals surface area contributed by atoms with E-state index < -0.39 is 0 Å². The fourth-order valence-corrected chi connectivity index (χ4v) is 2.11. The van der Waals surface area contributed by atoms with Crippen molar-refractivity contribution in [2.45, 2.75) is 20.4 Å². The fourth-order valence-electron chi connectivity index (χ4n) is 2.11. The minimum absolute atomic E-state index is 0.0138. The first-order valence-electron chi connectivity index (χ1n) is 6.83. The third-order valence-electron chi connectivity index (χ3n) is 3.34. The molecule has 0 aliphatic heterocycles. The Hall–Kier alpha value is -2.13. The Morgan fingerprint density at radius 3 is 2.15 bits per heavy atom. The highest BCUT2D eigenvalue weighted by atomic mass is 16.2. The lowest BCUT2D eigenvalue weighted by Gasteiger charge is -2.21. The number of hydrogen-bond acceptors (Lipinski definition) is 2. The second-order valence-corrected chi connectivity index (χ2v) is 4.79. The highest BCUT2D eigenvalue weighted by Gasteiger charge is 2.15. The zero-order valence-electron chi connectivity index (χ0n) is 12.0. The van der Waals surface area contributed by atoms with Crippen LogP contribution in [0.2, 0.25) is 0 Å². The molecule has 0 spiro atoms. The van der Waals surface area contributed by atoms with E-state index >= 15 is 0 Å². The summed E-state index contributed by atoms with van der Waals surface area (Å²) in [6, 6.07) is 15.5. The predicted octanol–water partition coefficient (Wildman–Crippen LogP) is 3.12. The molecular weight excluding hydrogens is 248 g/mol. The molecule has 20 heavy (non-hydrogen) atoms. The second-order valence-electron chi connectivity index (χ2n) is 4.79. The highest BCUT2D eigenvalue weighted by Crippen LogP contribution is 2.18. The second kappa shape index (κ2) is 6.35. The minimum atomic E-state index is 0.0138. The number of nitrogens with two attached hydrogens (primary N) is 1. The molecule has 2 N–H and O–H groups in total. The molecule has 0 aliphatic rings. The Morgan fingerprint density at radius 2 is 1.65 bits per heavy atom. The van der Waals surface area contributed by atoms with E-state index in [2.05, 4.69) is 0 Å². The van der Waals surface area contributed by atoms with Gasteiger partial charge in [-0.15, -0.1) is 0 Å². The number of carbonyl (C=O) groups is 1. The number of rotatable bonds is 4. The fraction of sp³-hybridized carbons (Fsp3) is 0.235. The first-order chi connectivity index (χ1) is 9.65. The Morgan fingerprint density at radius 1 is 1.05 bits per heavy atom. The van der Waals surface area contributed by atoms with E-state index in [1.165, 1.54) is 5.56 Å². The average Bonchev–Trinajstić information content (AvgIpc) is 2.50. The molecule has 2 rings (SSSR count). The van der Waals surface area contributed by atoms with Crippen molar-refractivity contribution in [1.29, 1.82) is 0 Å². The van der Waals surface area contributed by atoms with Crippen molar-refractivity contribution in [3.8, 4) is 0 Å². The van der Waals surface area contributed by atoms with Crippen molar-refractivity contribution in [2.75, 3.05) is 11.4 Å². The molecule has 0 saturated carbocycles. The third-order valence-corrected chi connectivity index (χ3v) is 3.34. The van der Waals surface area contributed by atoms with Crippen molar-refractivity contribution in [3.05, 3.63) is 65.2 Å². The molecule has 0 bridgehead atoms. The molecule has 104 valence electrons. The van der Waals surface area contributed by atoms with Crippen LogP contribution in [0, 0.1) is 6.92 Å². The summed E-state index contributed by atoms with van der Waals surface area (Å²) < 4.78 is 0. The van der Waals surface area contributed by atoms with Crippen molar-refractivity contribution < 1.29 is 4.79 Å². The van der Waals surface area contributed by atoms with Gasteiger partial charge in [-0.3, -0.25) is 4.79 Å². The van der Waals surface area contributed by atoms with Crippen LogP contribution in [0.1, 0.15) is 28.4 Å². The average molecular weight is 268 g/mol. The quantitative estimate of drug-likeness (QED) is 0.926. The van der Waals surface area contributed by atoms with Gasteiger partial charge in [-0.1, -0.05) is 29.8 Å². The Kier molecular flexibility index (Phi) is 4.53. The van der Waals surface area contributed by atoms with Gasteiger partial charge in [0.15, 0.2) is 0 Å². The van der Waals surface area contributed by atoms with Gasteiger partial charge in [0.05, 0.1) is 0 Å². The predicted molar refractivity (Wildman–Crippen MR) is 82.9 cm³/mol.